The van der Waals surface area contributed by atoms with E-state index in [2.05, 4.69) is 40.4 Å². The number of piperidine rings is 1. The number of nitrogens with zero attached hydrogens (tertiary/aromatic N) is 2. The van der Waals surface area contributed by atoms with E-state index in [9.17, 15) is 4.79 Å². The standard InChI is InChI=1S/C17H34ClN7O2/c1-24(2)6-3-7-27-13-4-5-20-9-12(13)22-17(26)14-15(19)23-25-10-11(18)8-21-16(14)25/h11-16,20-21,23H,3-10,19H2,1-2H3,(H,22,26). The molecule has 3 aliphatic heterocycles. The third-order valence-corrected chi connectivity index (χ3v) is 5.74. The van der Waals surface area contributed by atoms with Crippen LogP contribution in [-0.4, -0.2) is 99.1 Å². The smallest absolute Gasteiger partial charge is 0.229 e. The van der Waals surface area contributed by atoms with Crippen molar-refractivity contribution in [3.05, 3.63) is 0 Å². The first kappa shape index (κ1) is 21.2. The van der Waals surface area contributed by atoms with Gasteiger partial charge in [-0.05, 0) is 40.0 Å². The van der Waals surface area contributed by atoms with Crippen molar-refractivity contribution in [3.63, 3.8) is 0 Å². The fourth-order valence-electron chi connectivity index (χ4n) is 4.05. The number of alkyl halides is 1. The first-order valence-corrected chi connectivity index (χ1v) is 10.3. The average Bonchev–Trinajstić information content (AvgIpc) is 2.94. The second kappa shape index (κ2) is 9.80. The van der Waals surface area contributed by atoms with Crippen molar-refractivity contribution >= 4 is 17.5 Å². The number of fused-ring (bicyclic) bond motifs is 1. The normalized spacial score (nSPS) is 37.4. The highest BCUT2D eigenvalue weighted by atomic mass is 35.5. The summed E-state index contributed by atoms with van der Waals surface area (Å²) in [5.41, 5.74) is 9.37. The molecule has 3 heterocycles. The number of amides is 1. The molecule has 3 aliphatic rings. The predicted octanol–water partition coefficient (Wildman–Crippen LogP) is -1.94. The van der Waals surface area contributed by atoms with Gasteiger partial charge < -0.3 is 26.0 Å². The van der Waals surface area contributed by atoms with Crippen molar-refractivity contribution in [3.8, 4) is 0 Å². The van der Waals surface area contributed by atoms with E-state index in [1.165, 1.54) is 0 Å². The summed E-state index contributed by atoms with van der Waals surface area (Å²) in [4.78, 5) is 15.2. The molecule has 3 saturated heterocycles. The molecule has 9 nitrogen and oxygen atoms in total. The highest BCUT2D eigenvalue weighted by molar-refractivity contribution is 6.21. The number of hydrogen-bond donors (Lipinski definition) is 5. The van der Waals surface area contributed by atoms with Gasteiger partial charge in [-0.15, -0.1) is 11.6 Å². The molecule has 1 amide bonds. The van der Waals surface area contributed by atoms with Crippen LogP contribution < -0.4 is 27.1 Å². The minimum atomic E-state index is -0.430. The zero-order valence-electron chi connectivity index (χ0n) is 16.3. The van der Waals surface area contributed by atoms with Crippen molar-refractivity contribution in [1.29, 1.82) is 0 Å². The van der Waals surface area contributed by atoms with Gasteiger partial charge in [0.15, 0.2) is 0 Å². The lowest BCUT2D eigenvalue weighted by molar-refractivity contribution is -0.129. The lowest BCUT2D eigenvalue weighted by Crippen LogP contribution is -2.61. The topological polar surface area (TPSA) is 107 Å². The fourth-order valence-corrected chi connectivity index (χ4v) is 4.29. The van der Waals surface area contributed by atoms with E-state index in [-0.39, 0.29) is 35.5 Å². The van der Waals surface area contributed by atoms with Gasteiger partial charge in [0.2, 0.25) is 5.91 Å². The quantitative estimate of drug-likeness (QED) is 0.247. The number of nitrogens with one attached hydrogen (secondary N) is 4. The number of hydrazine groups is 1. The Labute approximate surface area is 166 Å². The molecular weight excluding hydrogens is 370 g/mol. The van der Waals surface area contributed by atoms with Crippen LogP contribution >= 0.6 is 11.6 Å². The van der Waals surface area contributed by atoms with Crippen molar-refractivity contribution < 1.29 is 9.53 Å². The molecule has 6 atom stereocenters. The Bertz CT molecular complexity index is 498. The molecule has 0 aliphatic carbocycles. The first-order valence-electron chi connectivity index (χ1n) is 9.89. The minimum absolute atomic E-state index is 0.00486. The first-order chi connectivity index (χ1) is 13.0. The van der Waals surface area contributed by atoms with Gasteiger partial charge in [-0.1, -0.05) is 0 Å². The van der Waals surface area contributed by atoms with Crippen LogP contribution in [0.5, 0.6) is 0 Å². The Kier molecular flexibility index (Phi) is 7.69. The van der Waals surface area contributed by atoms with Gasteiger partial charge in [0.05, 0.1) is 35.8 Å². The summed E-state index contributed by atoms with van der Waals surface area (Å²) in [6.45, 7) is 4.66. The Balaban J connectivity index is 1.53. The van der Waals surface area contributed by atoms with Gasteiger partial charge in [-0.3, -0.25) is 10.1 Å². The molecule has 0 aromatic rings. The third-order valence-electron chi connectivity index (χ3n) is 5.45. The van der Waals surface area contributed by atoms with Crippen LogP contribution in [0, 0.1) is 5.92 Å². The van der Waals surface area contributed by atoms with Gasteiger partial charge in [0.25, 0.3) is 0 Å². The molecule has 27 heavy (non-hydrogen) atoms. The SMILES string of the molecule is CN(C)CCCOC1CCNCC1NC(=O)C1C(N)NN2CC(Cl)CNC12. The second-order valence-electron chi connectivity index (χ2n) is 7.96. The molecule has 3 fully saturated rings. The van der Waals surface area contributed by atoms with Gasteiger partial charge >= 0.3 is 0 Å². The molecule has 0 aromatic heterocycles. The van der Waals surface area contributed by atoms with Gasteiger partial charge in [-0.2, -0.15) is 0 Å². The molecule has 0 bridgehead atoms. The van der Waals surface area contributed by atoms with Crippen molar-refractivity contribution in [2.45, 2.75) is 42.7 Å². The number of carbonyl (C=O) groups is 1. The van der Waals surface area contributed by atoms with Crippen molar-refractivity contribution in [1.82, 2.24) is 31.3 Å². The van der Waals surface area contributed by atoms with Crippen LogP contribution in [0.3, 0.4) is 0 Å². The van der Waals surface area contributed by atoms with E-state index in [1.807, 2.05) is 5.01 Å². The van der Waals surface area contributed by atoms with Gasteiger partial charge in [0, 0.05) is 26.2 Å². The molecule has 0 spiro atoms. The number of carbonyl (C=O) groups excluding carboxylic acids is 1. The number of ether oxygens (including phenoxy) is 1. The molecule has 0 saturated carbocycles. The molecule has 0 radical (unpaired) electrons. The summed E-state index contributed by atoms with van der Waals surface area (Å²) in [5.74, 6) is -0.413. The van der Waals surface area contributed by atoms with E-state index in [4.69, 9.17) is 22.1 Å². The highest BCUT2D eigenvalue weighted by Gasteiger charge is 2.47. The summed E-state index contributed by atoms with van der Waals surface area (Å²) in [7, 11) is 4.11. The number of hydrogen-bond acceptors (Lipinski definition) is 8. The summed E-state index contributed by atoms with van der Waals surface area (Å²) < 4.78 is 6.09. The summed E-state index contributed by atoms with van der Waals surface area (Å²) >= 11 is 6.20. The Morgan fingerprint density at radius 1 is 1.41 bits per heavy atom. The molecule has 156 valence electrons. The molecule has 6 N–H and O–H groups in total. The summed E-state index contributed by atoms with van der Waals surface area (Å²) in [5, 5.41) is 11.8. The molecule has 3 rings (SSSR count). The maximum Gasteiger partial charge on any atom is 0.229 e. The lowest BCUT2D eigenvalue weighted by atomic mass is 9.99. The van der Waals surface area contributed by atoms with E-state index in [0.29, 0.717) is 26.2 Å². The number of rotatable bonds is 7. The molecule has 0 aromatic carbocycles. The zero-order chi connectivity index (χ0) is 19.4. The van der Waals surface area contributed by atoms with Crippen LogP contribution in [0.1, 0.15) is 12.8 Å². The van der Waals surface area contributed by atoms with E-state index in [0.717, 1.165) is 25.9 Å². The molecule has 10 heteroatoms. The lowest BCUT2D eigenvalue weighted by Gasteiger charge is -2.36. The van der Waals surface area contributed by atoms with Gasteiger partial charge in [0.1, 0.15) is 0 Å². The summed E-state index contributed by atoms with van der Waals surface area (Å²) in [6, 6.07) is -0.0452. The minimum Gasteiger partial charge on any atom is -0.376 e. The predicted molar refractivity (Wildman–Crippen MR) is 105 cm³/mol. The van der Waals surface area contributed by atoms with Crippen LogP contribution in [0.25, 0.3) is 0 Å². The molecule has 6 unspecified atom stereocenters. The zero-order valence-corrected chi connectivity index (χ0v) is 17.0. The molecular formula is C17H34ClN7O2. The van der Waals surface area contributed by atoms with E-state index < -0.39 is 6.17 Å². The van der Waals surface area contributed by atoms with E-state index >= 15 is 0 Å². The van der Waals surface area contributed by atoms with Crippen molar-refractivity contribution in [2.75, 3.05) is 53.4 Å². The Hall–Kier alpha value is -0.520. The highest BCUT2D eigenvalue weighted by Crippen LogP contribution is 2.23. The maximum absolute atomic E-state index is 13.0. The summed E-state index contributed by atoms with van der Waals surface area (Å²) in [6.07, 6.45) is 1.34. The Morgan fingerprint density at radius 2 is 2.22 bits per heavy atom. The van der Waals surface area contributed by atoms with Crippen LogP contribution in [0.15, 0.2) is 0 Å². The monoisotopic (exact) mass is 403 g/mol. The van der Waals surface area contributed by atoms with E-state index in [1.54, 1.807) is 0 Å². The van der Waals surface area contributed by atoms with Crippen LogP contribution in [-0.2, 0) is 9.53 Å². The second-order valence-corrected chi connectivity index (χ2v) is 8.57. The number of halogens is 1. The van der Waals surface area contributed by atoms with Crippen LogP contribution in [0.2, 0.25) is 0 Å². The Morgan fingerprint density at radius 3 is 3.00 bits per heavy atom. The van der Waals surface area contributed by atoms with Gasteiger partial charge in [-0.25, -0.2) is 10.4 Å². The largest absolute Gasteiger partial charge is 0.376 e. The fraction of sp³-hybridized carbons (Fsp3) is 0.941. The van der Waals surface area contributed by atoms with Crippen molar-refractivity contribution in [2.24, 2.45) is 11.7 Å². The number of nitrogens with two attached hydrogens (primary N) is 1. The third kappa shape index (κ3) is 5.51. The maximum atomic E-state index is 13.0. The van der Waals surface area contributed by atoms with Crippen LogP contribution in [0.4, 0.5) is 0 Å². The average molecular weight is 404 g/mol.